The first-order valence-corrected chi connectivity index (χ1v) is 9.53. The van der Waals surface area contributed by atoms with Crippen molar-refractivity contribution in [1.29, 1.82) is 0 Å². The number of likely N-dealkylation sites (tertiary alicyclic amines) is 1. The number of nitrogens with zero attached hydrogens (tertiary/aromatic N) is 5. The number of hydrogen-bond donors (Lipinski definition) is 0. The Labute approximate surface area is 156 Å². The maximum absolute atomic E-state index is 5.52. The molecular weight excluding hydrogens is 326 g/mol. The van der Waals surface area contributed by atoms with Gasteiger partial charge in [-0.05, 0) is 52.4 Å². The van der Waals surface area contributed by atoms with Gasteiger partial charge >= 0.3 is 0 Å². The van der Waals surface area contributed by atoms with Crippen molar-refractivity contribution in [2.75, 3.05) is 33.8 Å². The fraction of sp³-hybridized carbons (Fsp3) is 0.600. The summed E-state index contributed by atoms with van der Waals surface area (Å²) in [6.07, 6.45) is 6.68. The van der Waals surface area contributed by atoms with E-state index >= 15 is 0 Å². The fourth-order valence-corrected chi connectivity index (χ4v) is 4.09. The van der Waals surface area contributed by atoms with Gasteiger partial charge in [-0.1, -0.05) is 6.07 Å². The normalized spacial score (nSPS) is 21.3. The van der Waals surface area contributed by atoms with Gasteiger partial charge in [0.05, 0.1) is 18.5 Å². The fourth-order valence-electron chi connectivity index (χ4n) is 4.09. The highest BCUT2D eigenvalue weighted by molar-refractivity contribution is 5.16. The van der Waals surface area contributed by atoms with E-state index in [1.807, 2.05) is 37.0 Å². The van der Waals surface area contributed by atoms with Gasteiger partial charge in [-0.15, -0.1) is 0 Å². The predicted octanol–water partition coefficient (Wildman–Crippen LogP) is 2.73. The van der Waals surface area contributed by atoms with Crippen molar-refractivity contribution in [3.8, 4) is 5.88 Å². The molecule has 0 aliphatic carbocycles. The third-order valence-corrected chi connectivity index (χ3v) is 5.13. The summed E-state index contributed by atoms with van der Waals surface area (Å²) in [7, 11) is 6.41. The van der Waals surface area contributed by atoms with E-state index in [4.69, 9.17) is 4.74 Å². The summed E-state index contributed by atoms with van der Waals surface area (Å²) in [6.45, 7) is 5.66. The van der Waals surface area contributed by atoms with Crippen LogP contribution in [0, 0.1) is 5.92 Å². The van der Waals surface area contributed by atoms with Crippen LogP contribution in [0.4, 0.5) is 0 Å². The molecule has 0 bridgehead atoms. The van der Waals surface area contributed by atoms with Crippen molar-refractivity contribution in [1.82, 2.24) is 24.6 Å². The van der Waals surface area contributed by atoms with Gasteiger partial charge in [-0.25, -0.2) is 4.98 Å². The van der Waals surface area contributed by atoms with Gasteiger partial charge in [0.15, 0.2) is 0 Å². The van der Waals surface area contributed by atoms with Crippen LogP contribution in [-0.4, -0.2) is 58.4 Å². The summed E-state index contributed by atoms with van der Waals surface area (Å²) < 4.78 is 7.43. The number of aryl methyl sites for hydroxylation is 1. The Balaban J connectivity index is 1.66. The minimum atomic E-state index is 0.433. The predicted molar refractivity (Wildman–Crippen MR) is 103 cm³/mol. The molecule has 1 fully saturated rings. The Morgan fingerprint density at radius 2 is 2.15 bits per heavy atom. The molecule has 0 amide bonds. The lowest BCUT2D eigenvalue weighted by Crippen LogP contribution is -2.40. The molecule has 0 saturated carbocycles. The number of hydrogen-bond acceptors (Lipinski definition) is 5. The van der Waals surface area contributed by atoms with Crippen LogP contribution in [-0.2, 0) is 13.6 Å². The van der Waals surface area contributed by atoms with Crippen LogP contribution in [0.25, 0.3) is 0 Å². The smallest absolute Gasteiger partial charge is 0.213 e. The SMILES string of the molecule is CCOc1cccc(CN(C)C[C@@H]2CCCN(C)[C@H]2c2cnn(C)c2)n1. The monoisotopic (exact) mass is 357 g/mol. The van der Waals surface area contributed by atoms with Crippen LogP contribution in [0.2, 0.25) is 0 Å². The molecule has 0 aromatic carbocycles. The molecule has 0 N–H and O–H groups in total. The van der Waals surface area contributed by atoms with E-state index in [2.05, 4.69) is 46.2 Å². The molecule has 2 aromatic rings. The summed E-state index contributed by atoms with van der Waals surface area (Å²) in [5.74, 6) is 1.31. The highest BCUT2D eigenvalue weighted by atomic mass is 16.5. The molecule has 6 heteroatoms. The Hall–Kier alpha value is -1.92. The number of pyridine rings is 1. The summed E-state index contributed by atoms with van der Waals surface area (Å²) >= 11 is 0. The molecule has 142 valence electrons. The van der Waals surface area contributed by atoms with Crippen molar-refractivity contribution in [2.24, 2.45) is 13.0 Å². The first-order chi connectivity index (χ1) is 12.6. The van der Waals surface area contributed by atoms with E-state index in [1.165, 1.54) is 18.4 Å². The maximum Gasteiger partial charge on any atom is 0.213 e. The summed E-state index contributed by atoms with van der Waals surface area (Å²) in [4.78, 5) is 9.46. The second-order valence-electron chi connectivity index (χ2n) is 7.37. The van der Waals surface area contributed by atoms with E-state index in [9.17, 15) is 0 Å². The summed E-state index contributed by atoms with van der Waals surface area (Å²) in [5, 5.41) is 4.39. The summed E-state index contributed by atoms with van der Waals surface area (Å²) in [5.41, 5.74) is 2.38. The molecule has 1 aliphatic rings. The van der Waals surface area contributed by atoms with Crippen molar-refractivity contribution in [2.45, 2.75) is 32.4 Å². The quantitative estimate of drug-likeness (QED) is 0.762. The molecule has 0 spiro atoms. The third kappa shape index (κ3) is 4.62. The first-order valence-electron chi connectivity index (χ1n) is 9.53. The van der Waals surface area contributed by atoms with Crippen molar-refractivity contribution >= 4 is 0 Å². The molecule has 1 aliphatic heterocycles. The molecule has 1 saturated heterocycles. The molecule has 0 radical (unpaired) electrons. The Kier molecular flexibility index (Phi) is 6.27. The first kappa shape index (κ1) is 18.9. The van der Waals surface area contributed by atoms with Crippen molar-refractivity contribution in [3.63, 3.8) is 0 Å². The Bertz CT molecular complexity index is 701. The summed E-state index contributed by atoms with van der Waals surface area (Å²) in [6, 6.07) is 6.45. The van der Waals surface area contributed by atoms with Crippen LogP contribution >= 0.6 is 0 Å². The number of rotatable bonds is 7. The average Bonchev–Trinajstić information content (AvgIpc) is 3.01. The van der Waals surface area contributed by atoms with Gasteiger partial charge in [0.25, 0.3) is 0 Å². The lowest BCUT2D eigenvalue weighted by Gasteiger charge is -2.40. The molecule has 3 rings (SSSR count). The minimum Gasteiger partial charge on any atom is -0.478 e. The van der Waals surface area contributed by atoms with Crippen LogP contribution in [0.15, 0.2) is 30.6 Å². The maximum atomic E-state index is 5.52. The van der Waals surface area contributed by atoms with Gasteiger partial charge in [0, 0.05) is 44.0 Å². The van der Waals surface area contributed by atoms with Gasteiger partial charge in [-0.3, -0.25) is 9.58 Å². The zero-order valence-corrected chi connectivity index (χ0v) is 16.4. The van der Waals surface area contributed by atoms with Crippen LogP contribution in [0.5, 0.6) is 5.88 Å². The minimum absolute atomic E-state index is 0.433. The highest BCUT2D eigenvalue weighted by Crippen LogP contribution is 2.35. The molecule has 2 atom stereocenters. The molecule has 26 heavy (non-hydrogen) atoms. The van der Waals surface area contributed by atoms with E-state index < -0.39 is 0 Å². The second kappa shape index (κ2) is 8.64. The van der Waals surface area contributed by atoms with Crippen LogP contribution in [0.3, 0.4) is 0 Å². The van der Waals surface area contributed by atoms with Gasteiger partial charge in [0.1, 0.15) is 0 Å². The number of ether oxygens (including phenoxy) is 1. The van der Waals surface area contributed by atoms with Crippen molar-refractivity contribution in [3.05, 3.63) is 41.9 Å². The van der Waals surface area contributed by atoms with E-state index in [1.54, 1.807) is 0 Å². The highest BCUT2D eigenvalue weighted by Gasteiger charge is 2.32. The van der Waals surface area contributed by atoms with Gasteiger partial charge in [-0.2, -0.15) is 5.10 Å². The van der Waals surface area contributed by atoms with Crippen LogP contribution < -0.4 is 4.74 Å². The van der Waals surface area contributed by atoms with Gasteiger partial charge in [0.2, 0.25) is 5.88 Å². The number of aromatic nitrogens is 3. The second-order valence-corrected chi connectivity index (χ2v) is 7.37. The van der Waals surface area contributed by atoms with E-state index in [0.717, 1.165) is 25.3 Å². The topological polar surface area (TPSA) is 46.4 Å². The van der Waals surface area contributed by atoms with Crippen LogP contribution in [0.1, 0.15) is 37.1 Å². The molecule has 3 heterocycles. The largest absolute Gasteiger partial charge is 0.478 e. The van der Waals surface area contributed by atoms with E-state index in [-0.39, 0.29) is 0 Å². The molecule has 0 unspecified atom stereocenters. The molecule has 6 nitrogen and oxygen atoms in total. The average molecular weight is 358 g/mol. The Morgan fingerprint density at radius 3 is 2.88 bits per heavy atom. The van der Waals surface area contributed by atoms with E-state index in [0.29, 0.717) is 24.4 Å². The standard InChI is InChI=1S/C20H31N5O/c1-5-26-19-10-6-9-18(22-19)15-23(2)13-16-8-7-11-24(3)20(16)17-12-21-25(4)14-17/h6,9-10,12,14,16,20H,5,7-8,11,13,15H2,1-4H3/t16-,20+/m0/s1. The Morgan fingerprint density at radius 1 is 1.31 bits per heavy atom. The zero-order valence-electron chi connectivity index (χ0n) is 16.4. The third-order valence-electron chi connectivity index (χ3n) is 5.13. The zero-order chi connectivity index (χ0) is 18.5. The lowest BCUT2D eigenvalue weighted by molar-refractivity contribution is 0.0922. The molecular formula is C20H31N5O. The number of piperidine rings is 1. The van der Waals surface area contributed by atoms with Gasteiger partial charge < -0.3 is 9.64 Å². The lowest BCUT2D eigenvalue weighted by atomic mass is 9.85. The molecule has 2 aromatic heterocycles. The van der Waals surface area contributed by atoms with Crippen molar-refractivity contribution < 1.29 is 4.74 Å².